The maximum Gasteiger partial charge on any atom is 0.191 e. The van der Waals surface area contributed by atoms with E-state index in [2.05, 4.69) is 40.6 Å². The summed E-state index contributed by atoms with van der Waals surface area (Å²) in [5.74, 6) is 0.959. The molecule has 1 aliphatic rings. The van der Waals surface area contributed by atoms with Crippen molar-refractivity contribution in [3.05, 3.63) is 0 Å². The fourth-order valence-electron chi connectivity index (χ4n) is 2.15. The zero-order valence-corrected chi connectivity index (χ0v) is 16.3. The van der Waals surface area contributed by atoms with Crippen LogP contribution in [0.1, 0.15) is 33.1 Å². The summed E-state index contributed by atoms with van der Waals surface area (Å²) in [5, 5.41) is 7.33. The average molecular weight is 414 g/mol. The van der Waals surface area contributed by atoms with Gasteiger partial charge in [-0.3, -0.25) is 4.99 Å². The zero-order chi connectivity index (χ0) is 13.9. The number of rotatable bonds is 7. The number of halogens is 1. The molecule has 0 radical (unpaired) electrons. The standard InChI is InChI=1S/C14H30N4S.HI/c1-4-15-14(17-12-13(2)19-3)16-8-11-18-9-6-5-7-10-18;/h13H,4-12H2,1-3H3,(H2,15,16,17);1H. The fraction of sp³-hybridized carbons (Fsp3) is 0.929. The number of thioether (sulfide) groups is 1. The summed E-state index contributed by atoms with van der Waals surface area (Å²) < 4.78 is 0. The van der Waals surface area contributed by atoms with Crippen LogP contribution in [-0.4, -0.2) is 61.6 Å². The molecule has 1 aliphatic heterocycles. The highest BCUT2D eigenvalue weighted by molar-refractivity contribution is 14.0. The van der Waals surface area contributed by atoms with E-state index in [1.165, 1.54) is 32.4 Å². The van der Waals surface area contributed by atoms with E-state index in [0.29, 0.717) is 5.25 Å². The molecule has 2 N–H and O–H groups in total. The predicted molar refractivity (Wildman–Crippen MR) is 103 cm³/mol. The first kappa shape index (κ1) is 20.3. The van der Waals surface area contributed by atoms with Crippen LogP contribution in [-0.2, 0) is 0 Å². The summed E-state index contributed by atoms with van der Waals surface area (Å²) in [5.41, 5.74) is 0. The van der Waals surface area contributed by atoms with Crippen molar-refractivity contribution in [1.29, 1.82) is 0 Å². The highest BCUT2D eigenvalue weighted by Gasteiger charge is 2.09. The van der Waals surface area contributed by atoms with Crippen molar-refractivity contribution in [3.8, 4) is 0 Å². The number of nitrogens with zero attached hydrogens (tertiary/aromatic N) is 2. The summed E-state index contributed by atoms with van der Waals surface area (Å²) in [6.45, 7) is 10.8. The average Bonchev–Trinajstić information content (AvgIpc) is 2.45. The number of hydrogen-bond donors (Lipinski definition) is 2. The number of piperidine rings is 1. The highest BCUT2D eigenvalue weighted by atomic mass is 127. The van der Waals surface area contributed by atoms with Gasteiger partial charge in [-0.2, -0.15) is 11.8 Å². The molecular formula is C14H31IN4S. The van der Waals surface area contributed by atoms with Crippen LogP contribution in [0.5, 0.6) is 0 Å². The van der Waals surface area contributed by atoms with Crippen molar-refractivity contribution in [2.75, 3.05) is 45.5 Å². The molecule has 1 heterocycles. The Hall–Kier alpha value is 0.310. The lowest BCUT2D eigenvalue weighted by atomic mass is 10.1. The van der Waals surface area contributed by atoms with Gasteiger partial charge in [0.2, 0.25) is 0 Å². The normalized spacial score (nSPS) is 18.2. The predicted octanol–water partition coefficient (Wildman–Crippen LogP) is 2.40. The van der Waals surface area contributed by atoms with E-state index in [9.17, 15) is 0 Å². The summed E-state index contributed by atoms with van der Waals surface area (Å²) >= 11 is 1.86. The van der Waals surface area contributed by atoms with Gasteiger partial charge in [-0.1, -0.05) is 13.3 Å². The van der Waals surface area contributed by atoms with Gasteiger partial charge < -0.3 is 15.5 Å². The fourth-order valence-corrected chi connectivity index (χ4v) is 2.38. The number of aliphatic imine (C=N–C) groups is 1. The van der Waals surface area contributed by atoms with Crippen LogP contribution in [0.15, 0.2) is 4.99 Å². The minimum absolute atomic E-state index is 0. The lowest BCUT2D eigenvalue weighted by molar-refractivity contribution is 0.232. The quantitative estimate of drug-likeness (QED) is 0.381. The molecular weight excluding hydrogens is 383 g/mol. The first-order valence-electron chi connectivity index (χ1n) is 7.53. The van der Waals surface area contributed by atoms with E-state index in [0.717, 1.165) is 32.1 Å². The molecule has 0 aromatic heterocycles. The van der Waals surface area contributed by atoms with Gasteiger partial charge in [0.05, 0.1) is 6.54 Å². The van der Waals surface area contributed by atoms with Crippen LogP contribution in [0, 0.1) is 0 Å². The van der Waals surface area contributed by atoms with Gasteiger partial charge in [0.25, 0.3) is 0 Å². The Morgan fingerprint density at radius 3 is 2.55 bits per heavy atom. The molecule has 0 aromatic rings. The number of hydrogen-bond acceptors (Lipinski definition) is 3. The highest BCUT2D eigenvalue weighted by Crippen LogP contribution is 2.07. The van der Waals surface area contributed by atoms with Crippen molar-refractivity contribution in [2.24, 2.45) is 4.99 Å². The summed E-state index contributed by atoms with van der Waals surface area (Å²) in [6.07, 6.45) is 6.26. The Labute approximate surface area is 145 Å². The van der Waals surface area contributed by atoms with Crippen molar-refractivity contribution in [3.63, 3.8) is 0 Å². The molecule has 1 fully saturated rings. The lowest BCUT2D eigenvalue weighted by Gasteiger charge is -2.26. The Bertz CT molecular complexity index is 258. The third kappa shape index (κ3) is 9.28. The topological polar surface area (TPSA) is 39.7 Å². The van der Waals surface area contributed by atoms with E-state index in [4.69, 9.17) is 0 Å². The number of guanidine groups is 1. The molecule has 4 nitrogen and oxygen atoms in total. The van der Waals surface area contributed by atoms with Gasteiger partial charge in [0.1, 0.15) is 0 Å². The van der Waals surface area contributed by atoms with Crippen molar-refractivity contribution >= 4 is 41.7 Å². The van der Waals surface area contributed by atoms with Gasteiger partial charge in [-0.25, -0.2) is 0 Å². The molecule has 1 rings (SSSR count). The van der Waals surface area contributed by atoms with Gasteiger partial charge in [-0.05, 0) is 39.1 Å². The number of nitrogens with one attached hydrogen (secondary N) is 2. The summed E-state index contributed by atoms with van der Waals surface area (Å²) in [6, 6.07) is 0. The third-order valence-corrected chi connectivity index (χ3v) is 4.38. The molecule has 6 heteroatoms. The number of likely N-dealkylation sites (tertiary alicyclic amines) is 1. The van der Waals surface area contributed by atoms with Crippen molar-refractivity contribution in [1.82, 2.24) is 15.5 Å². The van der Waals surface area contributed by atoms with Gasteiger partial charge in [-0.15, -0.1) is 24.0 Å². The van der Waals surface area contributed by atoms with E-state index in [-0.39, 0.29) is 24.0 Å². The van der Waals surface area contributed by atoms with Gasteiger partial charge in [0, 0.05) is 24.9 Å². The second-order valence-corrected chi connectivity index (χ2v) is 6.37. The lowest BCUT2D eigenvalue weighted by Crippen LogP contribution is -2.42. The molecule has 0 saturated carbocycles. The molecule has 0 spiro atoms. The molecule has 1 atom stereocenters. The molecule has 1 unspecified atom stereocenters. The largest absolute Gasteiger partial charge is 0.357 e. The van der Waals surface area contributed by atoms with E-state index >= 15 is 0 Å². The maximum atomic E-state index is 4.62. The molecule has 0 bridgehead atoms. The van der Waals surface area contributed by atoms with Crippen LogP contribution < -0.4 is 10.6 Å². The van der Waals surface area contributed by atoms with Crippen molar-refractivity contribution < 1.29 is 0 Å². The Morgan fingerprint density at radius 1 is 1.25 bits per heavy atom. The smallest absolute Gasteiger partial charge is 0.191 e. The first-order valence-corrected chi connectivity index (χ1v) is 8.82. The molecule has 0 aliphatic carbocycles. The molecule has 0 amide bonds. The van der Waals surface area contributed by atoms with Crippen LogP contribution in [0.3, 0.4) is 0 Å². The summed E-state index contributed by atoms with van der Waals surface area (Å²) in [4.78, 5) is 7.17. The van der Waals surface area contributed by atoms with Gasteiger partial charge >= 0.3 is 0 Å². The monoisotopic (exact) mass is 414 g/mol. The second kappa shape index (κ2) is 13.0. The maximum absolute atomic E-state index is 4.62. The molecule has 1 saturated heterocycles. The van der Waals surface area contributed by atoms with Gasteiger partial charge in [0.15, 0.2) is 5.96 Å². The van der Waals surface area contributed by atoms with E-state index < -0.39 is 0 Å². The third-order valence-electron chi connectivity index (χ3n) is 3.42. The van der Waals surface area contributed by atoms with Crippen molar-refractivity contribution in [2.45, 2.75) is 38.4 Å². The first-order chi connectivity index (χ1) is 9.26. The zero-order valence-electron chi connectivity index (χ0n) is 13.2. The Morgan fingerprint density at radius 2 is 1.95 bits per heavy atom. The minimum Gasteiger partial charge on any atom is -0.357 e. The van der Waals surface area contributed by atoms with Crippen LogP contribution in [0.2, 0.25) is 0 Å². The minimum atomic E-state index is 0. The molecule has 20 heavy (non-hydrogen) atoms. The Balaban J connectivity index is 0.00000361. The van der Waals surface area contributed by atoms with Crippen LogP contribution in [0.25, 0.3) is 0 Å². The van der Waals surface area contributed by atoms with Crippen LogP contribution in [0.4, 0.5) is 0 Å². The second-order valence-electron chi connectivity index (χ2n) is 5.10. The van der Waals surface area contributed by atoms with E-state index in [1.807, 2.05) is 11.8 Å². The summed E-state index contributed by atoms with van der Waals surface area (Å²) in [7, 11) is 0. The van der Waals surface area contributed by atoms with E-state index in [1.54, 1.807) is 0 Å². The molecule has 0 aromatic carbocycles. The molecule has 120 valence electrons. The van der Waals surface area contributed by atoms with Crippen LogP contribution >= 0.6 is 35.7 Å². The SMILES string of the molecule is CCNC(=NCC(C)SC)NCCN1CCCCC1.I. The Kier molecular flexibility index (Phi) is 13.2.